The van der Waals surface area contributed by atoms with Crippen molar-refractivity contribution >= 4 is 35.0 Å². The highest BCUT2D eigenvalue weighted by Gasteiger charge is 2.37. The highest BCUT2D eigenvalue weighted by atomic mass is 35.5. The van der Waals surface area contributed by atoms with E-state index >= 15 is 0 Å². The molecule has 0 unspecified atom stereocenters. The molecule has 4 rings (SSSR count). The van der Waals surface area contributed by atoms with Crippen LogP contribution in [0.15, 0.2) is 83.5 Å². The van der Waals surface area contributed by atoms with Crippen LogP contribution in [0.3, 0.4) is 0 Å². The Hall–Kier alpha value is -4.30. The smallest absolute Gasteiger partial charge is 0.279 e. The SMILES string of the molecule is COc1ccc(CCNC(=O)c2ccc(NC3=C(Cl)C(=O)N(Cc4ccccc4)C3=O)cc2)cc1OC. The first-order valence-electron chi connectivity index (χ1n) is 11.6. The van der Waals surface area contributed by atoms with Crippen molar-refractivity contribution in [3.63, 3.8) is 0 Å². The van der Waals surface area contributed by atoms with Crippen molar-refractivity contribution < 1.29 is 23.9 Å². The van der Waals surface area contributed by atoms with Crippen LogP contribution >= 0.6 is 11.6 Å². The largest absolute Gasteiger partial charge is 0.493 e. The van der Waals surface area contributed by atoms with Gasteiger partial charge in [0.15, 0.2) is 11.5 Å². The van der Waals surface area contributed by atoms with Gasteiger partial charge in [0.1, 0.15) is 10.7 Å². The second-order valence-corrected chi connectivity index (χ2v) is 8.65. The van der Waals surface area contributed by atoms with Crippen molar-refractivity contribution in [2.75, 3.05) is 26.1 Å². The Bertz CT molecular complexity index is 1340. The van der Waals surface area contributed by atoms with Crippen LogP contribution in [0.1, 0.15) is 21.5 Å². The van der Waals surface area contributed by atoms with E-state index in [1.54, 1.807) is 38.5 Å². The third kappa shape index (κ3) is 5.92. The lowest BCUT2D eigenvalue weighted by atomic mass is 10.1. The number of carbonyl (C=O) groups is 3. The number of halogens is 1. The number of hydrogen-bond acceptors (Lipinski definition) is 6. The molecule has 0 bridgehead atoms. The van der Waals surface area contributed by atoms with Gasteiger partial charge in [0.2, 0.25) is 0 Å². The highest BCUT2D eigenvalue weighted by Crippen LogP contribution is 2.28. The van der Waals surface area contributed by atoms with Gasteiger partial charge in [0, 0.05) is 17.8 Å². The van der Waals surface area contributed by atoms with Crippen molar-refractivity contribution in [1.29, 1.82) is 0 Å². The Morgan fingerprint density at radius 1 is 0.865 bits per heavy atom. The highest BCUT2D eigenvalue weighted by molar-refractivity contribution is 6.48. The molecule has 37 heavy (non-hydrogen) atoms. The molecular formula is C28H26ClN3O5. The third-order valence-electron chi connectivity index (χ3n) is 5.86. The molecule has 9 heteroatoms. The van der Waals surface area contributed by atoms with E-state index in [2.05, 4.69) is 10.6 Å². The van der Waals surface area contributed by atoms with Crippen LogP contribution in [0.2, 0.25) is 0 Å². The molecule has 0 radical (unpaired) electrons. The minimum Gasteiger partial charge on any atom is -0.493 e. The Morgan fingerprint density at radius 3 is 2.24 bits per heavy atom. The number of benzene rings is 3. The molecule has 0 fully saturated rings. The van der Waals surface area contributed by atoms with Crippen molar-refractivity contribution in [3.8, 4) is 11.5 Å². The lowest BCUT2D eigenvalue weighted by Crippen LogP contribution is -2.31. The van der Waals surface area contributed by atoms with E-state index < -0.39 is 11.8 Å². The summed E-state index contributed by atoms with van der Waals surface area (Å²) in [4.78, 5) is 39.1. The number of nitrogens with one attached hydrogen (secondary N) is 2. The predicted octanol–water partition coefficient (Wildman–Crippen LogP) is 4.11. The maximum absolute atomic E-state index is 12.8. The van der Waals surface area contributed by atoms with Crippen LogP contribution in [0.5, 0.6) is 11.5 Å². The van der Waals surface area contributed by atoms with E-state index in [0.29, 0.717) is 35.7 Å². The molecule has 3 amide bonds. The van der Waals surface area contributed by atoms with Crippen LogP contribution in [0.25, 0.3) is 0 Å². The van der Waals surface area contributed by atoms with E-state index in [0.717, 1.165) is 16.0 Å². The van der Waals surface area contributed by atoms with E-state index in [9.17, 15) is 14.4 Å². The molecule has 0 saturated heterocycles. The standard InChI is InChI=1S/C28H26ClN3O5/c1-36-22-13-8-18(16-23(22)37-2)14-15-30-26(33)20-9-11-21(12-10-20)31-25-24(29)27(34)32(28(25)35)17-19-6-4-3-5-7-19/h3-13,16,31H,14-15,17H2,1-2H3,(H,30,33). The molecule has 0 atom stereocenters. The topological polar surface area (TPSA) is 97.0 Å². The van der Waals surface area contributed by atoms with Crippen molar-refractivity contribution in [2.45, 2.75) is 13.0 Å². The first-order chi connectivity index (χ1) is 17.9. The number of carbonyl (C=O) groups excluding carboxylic acids is 3. The van der Waals surface area contributed by atoms with Crippen LogP contribution < -0.4 is 20.1 Å². The van der Waals surface area contributed by atoms with Crippen LogP contribution in [0.4, 0.5) is 5.69 Å². The lowest BCUT2D eigenvalue weighted by molar-refractivity contribution is -0.138. The molecule has 2 N–H and O–H groups in total. The number of amides is 3. The molecule has 0 spiro atoms. The van der Waals surface area contributed by atoms with Crippen LogP contribution in [-0.2, 0) is 22.6 Å². The molecule has 3 aromatic rings. The first-order valence-corrected chi connectivity index (χ1v) is 11.9. The maximum atomic E-state index is 12.8. The third-order valence-corrected chi connectivity index (χ3v) is 6.21. The summed E-state index contributed by atoms with van der Waals surface area (Å²) in [6.45, 7) is 0.562. The van der Waals surface area contributed by atoms with Gasteiger partial charge in [-0.05, 0) is 53.9 Å². The summed E-state index contributed by atoms with van der Waals surface area (Å²) < 4.78 is 10.6. The second-order valence-electron chi connectivity index (χ2n) is 8.27. The van der Waals surface area contributed by atoms with E-state index in [1.165, 1.54) is 0 Å². The Labute approximate surface area is 219 Å². The molecular weight excluding hydrogens is 494 g/mol. The predicted molar refractivity (Wildman–Crippen MR) is 141 cm³/mol. The number of ether oxygens (including phenoxy) is 2. The molecule has 0 aromatic heterocycles. The minimum absolute atomic E-state index is 0.00900. The minimum atomic E-state index is -0.552. The number of anilines is 1. The summed E-state index contributed by atoms with van der Waals surface area (Å²) in [5.41, 5.74) is 2.81. The molecule has 3 aromatic carbocycles. The summed E-state index contributed by atoms with van der Waals surface area (Å²) >= 11 is 6.19. The molecule has 0 saturated carbocycles. The Kier molecular flexibility index (Phi) is 8.10. The van der Waals surface area contributed by atoms with E-state index in [4.69, 9.17) is 21.1 Å². The molecule has 1 heterocycles. The normalized spacial score (nSPS) is 13.1. The monoisotopic (exact) mass is 519 g/mol. The van der Waals surface area contributed by atoms with Crippen LogP contribution in [0, 0.1) is 0 Å². The molecule has 1 aliphatic rings. The zero-order chi connectivity index (χ0) is 26.4. The number of imide groups is 1. The summed E-state index contributed by atoms with van der Waals surface area (Å²) in [5, 5.41) is 5.64. The van der Waals surface area contributed by atoms with Gasteiger partial charge >= 0.3 is 0 Å². The van der Waals surface area contributed by atoms with Gasteiger partial charge in [0.25, 0.3) is 17.7 Å². The molecule has 8 nitrogen and oxygen atoms in total. The van der Waals surface area contributed by atoms with Gasteiger partial charge in [-0.3, -0.25) is 19.3 Å². The van der Waals surface area contributed by atoms with Gasteiger partial charge in [-0.25, -0.2) is 0 Å². The number of rotatable bonds is 10. The lowest BCUT2D eigenvalue weighted by Gasteiger charge is -2.15. The second kappa shape index (κ2) is 11.6. The van der Waals surface area contributed by atoms with E-state index in [1.807, 2.05) is 48.5 Å². The zero-order valence-corrected chi connectivity index (χ0v) is 21.2. The molecule has 0 aliphatic carbocycles. The first kappa shape index (κ1) is 25.8. The summed E-state index contributed by atoms with van der Waals surface area (Å²) in [7, 11) is 3.16. The van der Waals surface area contributed by atoms with E-state index in [-0.39, 0.29) is 23.2 Å². The fourth-order valence-corrected chi connectivity index (χ4v) is 4.10. The summed E-state index contributed by atoms with van der Waals surface area (Å²) in [6.07, 6.45) is 0.619. The van der Waals surface area contributed by atoms with Gasteiger partial charge in [-0.2, -0.15) is 0 Å². The number of nitrogens with zero attached hydrogens (tertiary/aromatic N) is 1. The van der Waals surface area contributed by atoms with Gasteiger partial charge in [0.05, 0.1) is 20.8 Å². The van der Waals surface area contributed by atoms with Crippen molar-refractivity contribution in [3.05, 3.63) is 100 Å². The van der Waals surface area contributed by atoms with Crippen molar-refractivity contribution in [2.24, 2.45) is 0 Å². The summed E-state index contributed by atoms with van der Waals surface area (Å²) in [6, 6.07) is 21.4. The van der Waals surface area contributed by atoms with Gasteiger partial charge in [-0.15, -0.1) is 0 Å². The van der Waals surface area contributed by atoms with Gasteiger partial charge in [-0.1, -0.05) is 48.0 Å². The quantitative estimate of drug-likeness (QED) is 0.391. The number of methoxy groups -OCH3 is 2. The summed E-state index contributed by atoms with van der Waals surface area (Å²) in [5.74, 6) is -0.00589. The maximum Gasteiger partial charge on any atom is 0.279 e. The zero-order valence-electron chi connectivity index (χ0n) is 20.4. The Balaban J connectivity index is 1.33. The fourth-order valence-electron chi connectivity index (χ4n) is 3.87. The fraction of sp³-hybridized carbons (Fsp3) is 0.179. The molecule has 190 valence electrons. The number of hydrogen-bond donors (Lipinski definition) is 2. The van der Waals surface area contributed by atoms with Gasteiger partial charge < -0.3 is 20.1 Å². The van der Waals surface area contributed by atoms with Crippen LogP contribution in [-0.4, -0.2) is 43.4 Å². The molecule has 1 aliphatic heterocycles. The average molecular weight is 520 g/mol. The Morgan fingerprint density at radius 2 is 1.57 bits per heavy atom. The average Bonchev–Trinajstić information content (AvgIpc) is 3.12. The van der Waals surface area contributed by atoms with Crippen molar-refractivity contribution in [1.82, 2.24) is 10.2 Å².